The molecule has 0 bridgehead atoms. The minimum atomic E-state index is -0.480. The van der Waals surface area contributed by atoms with E-state index in [2.05, 4.69) is 13.8 Å². The van der Waals surface area contributed by atoms with Crippen molar-refractivity contribution >= 4 is 0 Å². The number of hydrogen-bond donors (Lipinski definition) is 1. The molecule has 0 amide bonds. The quantitative estimate of drug-likeness (QED) is 0.589. The van der Waals surface area contributed by atoms with Gasteiger partial charge in [-0.3, -0.25) is 0 Å². The van der Waals surface area contributed by atoms with Crippen molar-refractivity contribution in [2.24, 2.45) is 5.92 Å². The van der Waals surface area contributed by atoms with Gasteiger partial charge in [0, 0.05) is 13.2 Å². The number of rotatable bonds is 8. The van der Waals surface area contributed by atoms with E-state index in [0.29, 0.717) is 25.7 Å². The van der Waals surface area contributed by atoms with Gasteiger partial charge in [0.15, 0.2) is 0 Å². The van der Waals surface area contributed by atoms with Crippen molar-refractivity contribution < 1.29 is 14.6 Å². The lowest BCUT2D eigenvalue weighted by molar-refractivity contribution is -0.0179. The second kappa shape index (κ2) is 8.48. The minimum Gasteiger partial charge on any atom is -0.388 e. The van der Waals surface area contributed by atoms with Crippen LogP contribution in [0.5, 0.6) is 0 Å². The van der Waals surface area contributed by atoms with Crippen LogP contribution in [0.25, 0.3) is 0 Å². The standard InChI is InChI=1S/C10H22O3/c1-4-12-7-10(11)8-13-6-5-9(2)3/h9-11H,4-8H2,1-3H3. The van der Waals surface area contributed by atoms with Gasteiger partial charge in [0.05, 0.1) is 13.2 Å². The van der Waals surface area contributed by atoms with Crippen LogP contribution in [0.15, 0.2) is 0 Å². The molecule has 80 valence electrons. The van der Waals surface area contributed by atoms with Crippen LogP contribution in [0.2, 0.25) is 0 Å². The number of aliphatic hydroxyl groups excluding tert-OH is 1. The Hall–Kier alpha value is -0.120. The molecule has 3 nitrogen and oxygen atoms in total. The van der Waals surface area contributed by atoms with Crippen LogP contribution in [-0.2, 0) is 9.47 Å². The van der Waals surface area contributed by atoms with Gasteiger partial charge < -0.3 is 14.6 Å². The van der Waals surface area contributed by atoms with E-state index in [0.717, 1.165) is 13.0 Å². The fourth-order valence-electron chi connectivity index (χ4n) is 0.840. The maximum atomic E-state index is 9.30. The smallest absolute Gasteiger partial charge is 0.101 e. The molecular formula is C10H22O3. The molecule has 0 radical (unpaired) electrons. The highest BCUT2D eigenvalue weighted by Gasteiger charge is 2.03. The van der Waals surface area contributed by atoms with E-state index in [1.807, 2.05) is 6.92 Å². The zero-order valence-electron chi connectivity index (χ0n) is 8.95. The molecule has 0 fully saturated rings. The Morgan fingerprint density at radius 1 is 1.15 bits per heavy atom. The second-order valence-corrected chi connectivity index (χ2v) is 3.57. The van der Waals surface area contributed by atoms with Crippen molar-refractivity contribution in [3.63, 3.8) is 0 Å². The van der Waals surface area contributed by atoms with Crippen molar-refractivity contribution in [3.05, 3.63) is 0 Å². The normalized spacial score (nSPS) is 13.6. The fraction of sp³-hybridized carbons (Fsp3) is 1.00. The predicted octanol–water partition coefficient (Wildman–Crippen LogP) is 1.45. The third-order valence-corrected chi connectivity index (χ3v) is 1.66. The minimum absolute atomic E-state index is 0.373. The predicted molar refractivity (Wildman–Crippen MR) is 52.8 cm³/mol. The summed E-state index contributed by atoms with van der Waals surface area (Å²) in [5.41, 5.74) is 0. The lowest BCUT2D eigenvalue weighted by Gasteiger charge is -2.11. The Morgan fingerprint density at radius 3 is 2.31 bits per heavy atom. The summed E-state index contributed by atoms with van der Waals surface area (Å²) in [4.78, 5) is 0. The second-order valence-electron chi connectivity index (χ2n) is 3.57. The average Bonchev–Trinajstić information content (AvgIpc) is 2.08. The lowest BCUT2D eigenvalue weighted by atomic mass is 10.1. The van der Waals surface area contributed by atoms with Crippen LogP contribution >= 0.6 is 0 Å². The Morgan fingerprint density at radius 2 is 1.77 bits per heavy atom. The van der Waals surface area contributed by atoms with Gasteiger partial charge in [-0.15, -0.1) is 0 Å². The first-order valence-corrected chi connectivity index (χ1v) is 5.00. The molecule has 0 aliphatic rings. The Labute approximate surface area is 81.0 Å². The molecule has 0 aromatic rings. The first-order chi connectivity index (χ1) is 6.16. The third kappa shape index (κ3) is 9.80. The summed E-state index contributed by atoms with van der Waals surface area (Å²) >= 11 is 0. The van der Waals surface area contributed by atoms with Crippen LogP contribution < -0.4 is 0 Å². The third-order valence-electron chi connectivity index (χ3n) is 1.66. The zero-order valence-corrected chi connectivity index (χ0v) is 8.95. The highest BCUT2D eigenvalue weighted by Crippen LogP contribution is 1.99. The highest BCUT2D eigenvalue weighted by molar-refractivity contribution is 4.51. The topological polar surface area (TPSA) is 38.7 Å². The van der Waals surface area contributed by atoms with Crippen LogP contribution in [-0.4, -0.2) is 37.6 Å². The van der Waals surface area contributed by atoms with Crippen molar-refractivity contribution in [1.29, 1.82) is 0 Å². The molecule has 0 saturated heterocycles. The average molecular weight is 190 g/mol. The maximum absolute atomic E-state index is 9.30. The van der Waals surface area contributed by atoms with E-state index < -0.39 is 6.10 Å². The first kappa shape index (κ1) is 12.9. The van der Waals surface area contributed by atoms with E-state index >= 15 is 0 Å². The lowest BCUT2D eigenvalue weighted by Crippen LogP contribution is -2.22. The van der Waals surface area contributed by atoms with Gasteiger partial charge in [-0.05, 0) is 19.3 Å². The van der Waals surface area contributed by atoms with Gasteiger partial charge in [-0.2, -0.15) is 0 Å². The van der Waals surface area contributed by atoms with E-state index in [-0.39, 0.29) is 0 Å². The van der Waals surface area contributed by atoms with Crippen LogP contribution in [0.3, 0.4) is 0 Å². The molecule has 1 atom stereocenters. The van der Waals surface area contributed by atoms with E-state index in [1.165, 1.54) is 0 Å². The molecule has 0 rings (SSSR count). The summed E-state index contributed by atoms with van der Waals surface area (Å²) in [6, 6.07) is 0. The van der Waals surface area contributed by atoms with Gasteiger partial charge >= 0.3 is 0 Å². The van der Waals surface area contributed by atoms with Crippen LogP contribution in [0.4, 0.5) is 0 Å². The summed E-state index contributed by atoms with van der Waals surface area (Å²) in [6.07, 6.45) is 0.563. The van der Waals surface area contributed by atoms with Gasteiger partial charge in [0.1, 0.15) is 6.10 Å². The molecule has 3 heteroatoms. The molecule has 1 unspecified atom stereocenters. The summed E-state index contributed by atoms with van der Waals surface area (Å²) in [5.74, 6) is 0.657. The number of ether oxygens (including phenoxy) is 2. The summed E-state index contributed by atoms with van der Waals surface area (Å²) in [5, 5.41) is 9.30. The molecule has 0 spiro atoms. The summed E-state index contributed by atoms with van der Waals surface area (Å²) < 4.78 is 10.3. The molecule has 0 heterocycles. The number of aliphatic hydroxyl groups is 1. The first-order valence-electron chi connectivity index (χ1n) is 5.00. The summed E-state index contributed by atoms with van der Waals surface area (Å²) in [6.45, 7) is 8.33. The molecule has 0 aliphatic carbocycles. The molecule has 1 N–H and O–H groups in total. The van der Waals surface area contributed by atoms with E-state index in [4.69, 9.17) is 9.47 Å². The monoisotopic (exact) mass is 190 g/mol. The number of hydrogen-bond acceptors (Lipinski definition) is 3. The molecule has 0 aliphatic heterocycles. The molecular weight excluding hydrogens is 168 g/mol. The van der Waals surface area contributed by atoms with E-state index in [9.17, 15) is 5.11 Å². The Bertz CT molecular complexity index is 104. The van der Waals surface area contributed by atoms with Gasteiger partial charge in [-0.25, -0.2) is 0 Å². The SMILES string of the molecule is CCOCC(O)COCCC(C)C. The van der Waals surface area contributed by atoms with Gasteiger partial charge in [-0.1, -0.05) is 13.8 Å². The maximum Gasteiger partial charge on any atom is 0.101 e. The van der Waals surface area contributed by atoms with Crippen LogP contribution in [0, 0.1) is 5.92 Å². The fourth-order valence-corrected chi connectivity index (χ4v) is 0.840. The summed E-state index contributed by atoms with van der Waals surface area (Å²) in [7, 11) is 0. The highest BCUT2D eigenvalue weighted by atomic mass is 16.5. The van der Waals surface area contributed by atoms with Crippen molar-refractivity contribution in [2.75, 3.05) is 26.4 Å². The Balaban J connectivity index is 3.12. The van der Waals surface area contributed by atoms with Crippen molar-refractivity contribution in [2.45, 2.75) is 33.3 Å². The van der Waals surface area contributed by atoms with Gasteiger partial charge in [0.25, 0.3) is 0 Å². The zero-order chi connectivity index (χ0) is 10.1. The Kier molecular flexibility index (Phi) is 8.40. The van der Waals surface area contributed by atoms with Crippen molar-refractivity contribution in [3.8, 4) is 0 Å². The van der Waals surface area contributed by atoms with Gasteiger partial charge in [0.2, 0.25) is 0 Å². The van der Waals surface area contributed by atoms with E-state index in [1.54, 1.807) is 0 Å². The van der Waals surface area contributed by atoms with Crippen molar-refractivity contribution in [1.82, 2.24) is 0 Å². The molecule has 0 saturated carbocycles. The van der Waals surface area contributed by atoms with Crippen LogP contribution in [0.1, 0.15) is 27.2 Å². The largest absolute Gasteiger partial charge is 0.388 e. The molecule has 13 heavy (non-hydrogen) atoms. The molecule has 0 aromatic carbocycles. The molecule has 0 aromatic heterocycles.